The molecule has 0 bridgehead atoms. The first kappa shape index (κ1) is 19.2. The molecular weight excluding hydrogens is 396 g/mol. The molecule has 1 saturated heterocycles. The van der Waals surface area contributed by atoms with Gasteiger partial charge in [0, 0.05) is 31.0 Å². The predicted octanol–water partition coefficient (Wildman–Crippen LogP) is 1.43. The third-order valence-corrected chi connectivity index (χ3v) is 5.53. The van der Waals surface area contributed by atoms with Gasteiger partial charge in [-0.1, -0.05) is 6.07 Å². The lowest BCUT2D eigenvalue weighted by atomic mass is 10.1. The molecule has 2 N–H and O–H groups in total. The van der Waals surface area contributed by atoms with Crippen LogP contribution >= 0.6 is 11.3 Å². The first-order chi connectivity index (χ1) is 14.1. The molecule has 2 aliphatic rings. The van der Waals surface area contributed by atoms with Gasteiger partial charge in [0.1, 0.15) is 6.04 Å². The van der Waals surface area contributed by atoms with E-state index < -0.39 is 12.1 Å². The van der Waals surface area contributed by atoms with Gasteiger partial charge in [0.25, 0.3) is 5.91 Å². The molecule has 0 saturated carbocycles. The fourth-order valence-electron chi connectivity index (χ4n) is 3.19. The Labute approximate surface area is 171 Å². The van der Waals surface area contributed by atoms with Gasteiger partial charge >= 0.3 is 6.03 Å². The van der Waals surface area contributed by atoms with Crippen LogP contribution in [0.1, 0.15) is 23.4 Å². The number of rotatable bonds is 8. The fraction of sp³-hybridized carbons (Fsp3) is 0.368. The molecular formula is C19H20N4O5S. The minimum absolute atomic E-state index is 0.137. The van der Waals surface area contributed by atoms with E-state index in [4.69, 9.17) is 9.47 Å². The molecule has 4 amide bonds. The third-order valence-electron chi connectivity index (χ3n) is 4.69. The number of nitrogens with one attached hydrogen (secondary N) is 2. The fourth-order valence-corrected chi connectivity index (χ4v) is 3.81. The van der Waals surface area contributed by atoms with Crippen molar-refractivity contribution in [1.29, 1.82) is 0 Å². The zero-order valence-electron chi connectivity index (χ0n) is 15.6. The number of hydrogen-bond acceptors (Lipinski definition) is 7. The molecule has 1 unspecified atom stereocenters. The first-order valence-corrected chi connectivity index (χ1v) is 10.1. The van der Waals surface area contributed by atoms with Crippen molar-refractivity contribution in [1.82, 2.24) is 20.5 Å². The second-order valence-electron chi connectivity index (χ2n) is 6.68. The van der Waals surface area contributed by atoms with Gasteiger partial charge in [0.05, 0.1) is 11.6 Å². The molecule has 2 aromatic rings. The number of imide groups is 1. The van der Waals surface area contributed by atoms with Crippen molar-refractivity contribution in [3.63, 3.8) is 0 Å². The Bertz CT molecular complexity index is 917. The van der Waals surface area contributed by atoms with Crippen LogP contribution in [0.25, 0.3) is 0 Å². The molecule has 152 valence electrons. The van der Waals surface area contributed by atoms with Gasteiger partial charge in [-0.25, -0.2) is 9.78 Å². The van der Waals surface area contributed by atoms with Gasteiger partial charge in [-0.3, -0.25) is 14.5 Å². The molecule has 1 aromatic heterocycles. The summed E-state index contributed by atoms with van der Waals surface area (Å²) in [4.78, 5) is 42.1. The van der Waals surface area contributed by atoms with Crippen LogP contribution in [0.3, 0.4) is 0 Å². The Balaban J connectivity index is 1.25. The van der Waals surface area contributed by atoms with Crippen molar-refractivity contribution < 1.29 is 23.9 Å². The largest absolute Gasteiger partial charge is 0.454 e. The Morgan fingerprint density at radius 3 is 3.00 bits per heavy atom. The third kappa shape index (κ3) is 4.48. The standard InChI is InChI=1S/C19H20N4O5S/c24-16(20-6-5-17-21-7-8-29-17)4-2-13-18(25)23(19(26)22-13)10-12-1-3-14-15(9-12)28-11-27-14/h1,3,7-9,13H,2,4-6,10-11H2,(H,20,24)(H,22,26). The van der Waals surface area contributed by atoms with Gasteiger partial charge in [-0.05, 0) is 24.1 Å². The number of amides is 4. The van der Waals surface area contributed by atoms with Gasteiger partial charge < -0.3 is 20.1 Å². The van der Waals surface area contributed by atoms with Crippen LogP contribution in [0.4, 0.5) is 4.79 Å². The summed E-state index contributed by atoms with van der Waals surface area (Å²) in [6.45, 7) is 0.793. The van der Waals surface area contributed by atoms with Crippen LogP contribution in [-0.4, -0.2) is 47.1 Å². The number of ether oxygens (including phenoxy) is 2. The Morgan fingerprint density at radius 1 is 1.31 bits per heavy atom. The lowest BCUT2D eigenvalue weighted by molar-refractivity contribution is -0.128. The average molecular weight is 416 g/mol. The highest BCUT2D eigenvalue weighted by Crippen LogP contribution is 2.33. The quantitative estimate of drug-likeness (QED) is 0.630. The molecule has 0 radical (unpaired) electrons. The van der Waals surface area contributed by atoms with Crippen LogP contribution < -0.4 is 20.1 Å². The van der Waals surface area contributed by atoms with Crippen LogP contribution in [0, 0.1) is 0 Å². The van der Waals surface area contributed by atoms with E-state index in [0.717, 1.165) is 15.5 Å². The number of aromatic nitrogens is 1. The zero-order valence-corrected chi connectivity index (χ0v) is 16.4. The number of carbonyl (C=O) groups is 3. The van der Waals surface area contributed by atoms with E-state index in [1.54, 1.807) is 35.7 Å². The molecule has 0 spiro atoms. The Hall–Kier alpha value is -3.14. The summed E-state index contributed by atoms with van der Waals surface area (Å²) in [5, 5.41) is 8.31. The first-order valence-electron chi connectivity index (χ1n) is 9.25. The van der Waals surface area contributed by atoms with Crippen LogP contribution in [0.5, 0.6) is 11.5 Å². The van der Waals surface area contributed by atoms with Crippen LogP contribution in [-0.2, 0) is 22.6 Å². The van der Waals surface area contributed by atoms with Crippen molar-refractivity contribution in [2.24, 2.45) is 0 Å². The molecule has 2 aliphatic heterocycles. The van der Waals surface area contributed by atoms with E-state index in [2.05, 4.69) is 15.6 Å². The summed E-state index contributed by atoms with van der Waals surface area (Å²) in [7, 11) is 0. The highest BCUT2D eigenvalue weighted by atomic mass is 32.1. The second-order valence-corrected chi connectivity index (χ2v) is 7.66. The van der Waals surface area contributed by atoms with Gasteiger partial charge in [0.2, 0.25) is 12.7 Å². The monoisotopic (exact) mass is 416 g/mol. The topological polar surface area (TPSA) is 110 Å². The number of hydrogen-bond donors (Lipinski definition) is 2. The summed E-state index contributed by atoms with van der Waals surface area (Å²) in [6.07, 6.45) is 2.81. The number of benzene rings is 1. The summed E-state index contributed by atoms with van der Waals surface area (Å²) >= 11 is 1.54. The van der Waals surface area contributed by atoms with Gasteiger partial charge in [0.15, 0.2) is 11.5 Å². The number of carbonyl (C=O) groups excluding carboxylic acids is 3. The molecule has 9 nitrogen and oxygen atoms in total. The summed E-state index contributed by atoms with van der Waals surface area (Å²) in [5.41, 5.74) is 0.762. The second kappa shape index (κ2) is 8.48. The van der Waals surface area contributed by atoms with E-state index in [0.29, 0.717) is 24.5 Å². The van der Waals surface area contributed by atoms with Crippen molar-refractivity contribution >= 4 is 29.2 Å². The van der Waals surface area contributed by atoms with Gasteiger partial charge in [-0.15, -0.1) is 11.3 Å². The minimum Gasteiger partial charge on any atom is -0.454 e. The maximum absolute atomic E-state index is 12.6. The highest BCUT2D eigenvalue weighted by Gasteiger charge is 2.38. The number of fused-ring (bicyclic) bond motifs is 1. The Morgan fingerprint density at radius 2 is 2.17 bits per heavy atom. The zero-order chi connectivity index (χ0) is 20.2. The van der Waals surface area contributed by atoms with Crippen molar-refractivity contribution in [3.8, 4) is 11.5 Å². The highest BCUT2D eigenvalue weighted by molar-refractivity contribution is 7.09. The molecule has 1 atom stereocenters. The smallest absolute Gasteiger partial charge is 0.325 e. The maximum Gasteiger partial charge on any atom is 0.325 e. The molecule has 3 heterocycles. The van der Waals surface area contributed by atoms with Crippen LogP contribution in [0.15, 0.2) is 29.8 Å². The van der Waals surface area contributed by atoms with E-state index in [1.165, 1.54) is 0 Å². The van der Waals surface area contributed by atoms with Crippen molar-refractivity contribution in [2.75, 3.05) is 13.3 Å². The minimum atomic E-state index is -0.693. The van der Waals surface area contributed by atoms with Gasteiger partial charge in [-0.2, -0.15) is 0 Å². The Kier molecular flexibility index (Phi) is 5.61. The molecule has 29 heavy (non-hydrogen) atoms. The lowest BCUT2D eigenvalue weighted by Gasteiger charge is -2.13. The van der Waals surface area contributed by atoms with Crippen LogP contribution in [0.2, 0.25) is 0 Å². The number of thiazole rings is 1. The van der Waals surface area contributed by atoms with E-state index in [-0.39, 0.29) is 38.0 Å². The van der Waals surface area contributed by atoms with E-state index in [9.17, 15) is 14.4 Å². The van der Waals surface area contributed by atoms with E-state index >= 15 is 0 Å². The molecule has 0 aliphatic carbocycles. The molecule has 10 heteroatoms. The summed E-state index contributed by atoms with van der Waals surface area (Å²) in [6, 6.07) is 4.15. The molecule has 1 aromatic carbocycles. The van der Waals surface area contributed by atoms with E-state index in [1.807, 2.05) is 5.38 Å². The predicted molar refractivity (Wildman–Crippen MR) is 103 cm³/mol. The maximum atomic E-state index is 12.6. The number of nitrogens with zero attached hydrogens (tertiary/aromatic N) is 2. The summed E-state index contributed by atoms with van der Waals surface area (Å²) in [5.74, 6) is 0.756. The number of urea groups is 1. The molecule has 1 fully saturated rings. The normalized spacial score (nSPS) is 17.5. The van der Waals surface area contributed by atoms with Crippen molar-refractivity contribution in [2.45, 2.75) is 31.8 Å². The lowest BCUT2D eigenvalue weighted by Crippen LogP contribution is -2.33. The summed E-state index contributed by atoms with van der Waals surface area (Å²) < 4.78 is 10.6. The molecule has 4 rings (SSSR count). The average Bonchev–Trinajstić information content (AvgIpc) is 3.44. The van der Waals surface area contributed by atoms with Crippen molar-refractivity contribution in [3.05, 3.63) is 40.3 Å². The SMILES string of the molecule is O=C(CCC1NC(=O)N(Cc2ccc3c(c2)OCO3)C1=O)NCCc1nccs1.